The predicted octanol–water partition coefficient (Wildman–Crippen LogP) is 1.79. The van der Waals surface area contributed by atoms with Crippen LogP contribution in [0.2, 0.25) is 5.02 Å². The van der Waals surface area contributed by atoms with Crippen molar-refractivity contribution < 1.29 is 24.2 Å². The first-order chi connectivity index (χ1) is 8.60. The van der Waals surface area contributed by atoms with Crippen LogP contribution >= 0.6 is 11.6 Å². The van der Waals surface area contributed by atoms with Gasteiger partial charge in [-0.15, -0.1) is 0 Å². The first-order valence-corrected chi connectivity index (χ1v) is 5.25. The smallest absolute Gasteiger partial charge is 0.344 e. The molecule has 0 saturated heterocycles. The number of carbonyl (C=O) groups is 1. The number of methoxy groups -OCH3 is 2. The third-order valence-electron chi connectivity index (χ3n) is 1.97. The summed E-state index contributed by atoms with van der Waals surface area (Å²) in [4.78, 5) is 14.7. The number of benzene rings is 1. The van der Waals surface area contributed by atoms with Crippen LogP contribution in [0.15, 0.2) is 17.3 Å². The minimum Gasteiger partial charge on any atom is -0.493 e. The van der Waals surface area contributed by atoms with Crippen LogP contribution in [0.4, 0.5) is 0 Å². The lowest BCUT2D eigenvalue weighted by atomic mass is 10.2. The molecule has 0 aliphatic carbocycles. The molecule has 0 aliphatic rings. The quantitative estimate of drug-likeness (QED) is 0.631. The number of nitrogens with zero attached hydrogens (tertiary/aromatic N) is 1. The molecule has 0 unspecified atom stereocenters. The number of oxime groups is 1. The first-order valence-electron chi connectivity index (χ1n) is 4.87. The normalized spacial score (nSPS) is 10.4. The number of halogens is 1. The number of aliphatic carboxylic acids is 1. The van der Waals surface area contributed by atoms with Gasteiger partial charge in [0.15, 0.2) is 11.5 Å². The number of carboxylic acids is 1. The van der Waals surface area contributed by atoms with Crippen LogP contribution in [-0.2, 0) is 9.63 Å². The summed E-state index contributed by atoms with van der Waals surface area (Å²) in [5.74, 6) is -0.238. The average Bonchev–Trinajstić information content (AvgIpc) is 2.35. The Kier molecular flexibility index (Phi) is 5.26. The van der Waals surface area contributed by atoms with E-state index in [0.717, 1.165) is 0 Å². The van der Waals surface area contributed by atoms with Crippen LogP contribution in [0.5, 0.6) is 11.5 Å². The van der Waals surface area contributed by atoms with E-state index in [-0.39, 0.29) is 0 Å². The highest BCUT2D eigenvalue weighted by Gasteiger charge is 2.11. The maximum Gasteiger partial charge on any atom is 0.344 e. The van der Waals surface area contributed by atoms with Gasteiger partial charge < -0.3 is 19.4 Å². The van der Waals surface area contributed by atoms with Crippen LogP contribution in [-0.4, -0.2) is 38.1 Å². The Bertz CT molecular complexity index is 461. The topological polar surface area (TPSA) is 77.4 Å². The molecule has 0 fully saturated rings. The van der Waals surface area contributed by atoms with Gasteiger partial charge in [0.1, 0.15) is 0 Å². The monoisotopic (exact) mass is 273 g/mol. The third-order valence-corrected chi connectivity index (χ3v) is 2.36. The van der Waals surface area contributed by atoms with Crippen molar-refractivity contribution in [1.82, 2.24) is 0 Å². The maximum absolute atomic E-state index is 10.2. The van der Waals surface area contributed by atoms with E-state index in [2.05, 4.69) is 9.99 Å². The van der Waals surface area contributed by atoms with Gasteiger partial charge in [0, 0.05) is 5.56 Å². The SMILES string of the molecule is COc1ccc(C=NOCC(=O)O)c(Cl)c1OC. The second-order valence-corrected chi connectivity index (χ2v) is 3.48. The fourth-order valence-electron chi connectivity index (χ4n) is 1.19. The lowest BCUT2D eigenvalue weighted by Crippen LogP contribution is -2.03. The molecule has 7 heteroatoms. The summed E-state index contributed by atoms with van der Waals surface area (Å²) >= 11 is 6.07. The van der Waals surface area contributed by atoms with E-state index in [0.29, 0.717) is 22.1 Å². The number of ether oxygens (including phenoxy) is 2. The lowest BCUT2D eigenvalue weighted by molar-refractivity contribution is -0.142. The zero-order valence-corrected chi connectivity index (χ0v) is 10.6. The molecular weight excluding hydrogens is 262 g/mol. The van der Waals surface area contributed by atoms with E-state index < -0.39 is 12.6 Å². The Morgan fingerprint density at radius 2 is 2.17 bits per heavy atom. The molecule has 0 spiro atoms. The van der Waals surface area contributed by atoms with Gasteiger partial charge in [-0.25, -0.2) is 4.79 Å². The molecule has 0 aromatic heterocycles. The Labute approximate surface area is 109 Å². The fraction of sp³-hybridized carbons (Fsp3) is 0.273. The summed E-state index contributed by atoms with van der Waals surface area (Å²) in [7, 11) is 2.96. The molecule has 0 bridgehead atoms. The van der Waals surface area contributed by atoms with E-state index >= 15 is 0 Å². The molecule has 1 aromatic carbocycles. The number of carboxylic acid groups (broad SMARTS) is 1. The molecule has 6 nitrogen and oxygen atoms in total. The van der Waals surface area contributed by atoms with Gasteiger partial charge in [-0.2, -0.15) is 0 Å². The second kappa shape index (κ2) is 6.70. The highest BCUT2D eigenvalue weighted by Crippen LogP contribution is 2.36. The lowest BCUT2D eigenvalue weighted by Gasteiger charge is -2.10. The second-order valence-electron chi connectivity index (χ2n) is 3.11. The maximum atomic E-state index is 10.2. The summed E-state index contributed by atoms with van der Waals surface area (Å²) in [5.41, 5.74) is 0.528. The van der Waals surface area contributed by atoms with E-state index in [1.54, 1.807) is 12.1 Å². The molecule has 0 radical (unpaired) electrons. The van der Waals surface area contributed by atoms with Crippen molar-refractivity contribution in [2.24, 2.45) is 5.16 Å². The highest BCUT2D eigenvalue weighted by molar-refractivity contribution is 6.34. The molecule has 18 heavy (non-hydrogen) atoms. The zero-order valence-electron chi connectivity index (χ0n) is 9.84. The molecular formula is C11H12ClNO5. The Morgan fingerprint density at radius 1 is 1.44 bits per heavy atom. The number of rotatable bonds is 6. The van der Waals surface area contributed by atoms with Crippen LogP contribution < -0.4 is 9.47 Å². The molecule has 1 N–H and O–H groups in total. The van der Waals surface area contributed by atoms with Gasteiger partial charge in [-0.1, -0.05) is 16.8 Å². The summed E-state index contributed by atoms with van der Waals surface area (Å²) in [6.45, 7) is -0.512. The summed E-state index contributed by atoms with van der Waals surface area (Å²) < 4.78 is 10.2. The minimum atomic E-state index is -1.11. The van der Waals surface area contributed by atoms with Crippen LogP contribution in [0, 0.1) is 0 Å². The molecule has 1 rings (SSSR count). The van der Waals surface area contributed by atoms with Gasteiger partial charge >= 0.3 is 5.97 Å². The van der Waals surface area contributed by atoms with Crippen molar-refractivity contribution in [3.63, 3.8) is 0 Å². The highest BCUT2D eigenvalue weighted by atomic mass is 35.5. The van der Waals surface area contributed by atoms with Gasteiger partial charge in [0.2, 0.25) is 6.61 Å². The van der Waals surface area contributed by atoms with Crippen molar-refractivity contribution in [1.29, 1.82) is 0 Å². The molecule has 0 atom stereocenters. The summed E-state index contributed by atoms with van der Waals surface area (Å²) in [5, 5.41) is 12.1. The van der Waals surface area contributed by atoms with Crippen molar-refractivity contribution in [2.45, 2.75) is 0 Å². The number of hydrogen-bond acceptors (Lipinski definition) is 5. The summed E-state index contributed by atoms with van der Waals surface area (Å²) in [6.07, 6.45) is 1.30. The van der Waals surface area contributed by atoms with Gasteiger partial charge in [-0.3, -0.25) is 0 Å². The minimum absolute atomic E-state index is 0.305. The van der Waals surface area contributed by atoms with Crippen LogP contribution in [0.1, 0.15) is 5.56 Å². The first kappa shape index (κ1) is 14.1. The van der Waals surface area contributed by atoms with Crippen molar-refractivity contribution in [3.05, 3.63) is 22.7 Å². The fourth-order valence-corrected chi connectivity index (χ4v) is 1.47. The molecule has 0 heterocycles. The van der Waals surface area contributed by atoms with Crippen molar-refractivity contribution >= 4 is 23.8 Å². The van der Waals surface area contributed by atoms with E-state index in [4.69, 9.17) is 26.2 Å². The van der Waals surface area contributed by atoms with Crippen molar-refractivity contribution in [3.8, 4) is 11.5 Å². The molecule has 0 aliphatic heterocycles. The zero-order chi connectivity index (χ0) is 13.5. The van der Waals surface area contributed by atoms with Crippen LogP contribution in [0.3, 0.4) is 0 Å². The molecule has 0 saturated carbocycles. The largest absolute Gasteiger partial charge is 0.493 e. The van der Waals surface area contributed by atoms with Gasteiger partial charge in [0.25, 0.3) is 0 Å². The molecule has 0 amide bonds. The van der Waals surface area contributed by atoms with Crippen LogP contribution in [0.25, 0.3) is 0 Å². The molecule has 98 valence electrons. The van der Waals surface area contributed by atoms with E-state index in [1.807, 2.05) is 0 Å². The van der Waals surface area contributed by atoms with E-state index in [9.17, 15) is 4.79 Å². The van der Waals surface area contributed by atoms with Gasteiger partial charge in [-0.05, 0) is 12.1 Å². The Hall–Kier alpha value is -1.95. The Morgan fingerprint density at radius 3 is 2.72 bits per heavy atom. The standard InChI is InChI=1S/C11H12ClNO5/c1-16-8-4-3-7(10(12)11(8)17-2)5-13-18-6-9(14)15/h3-5H,6H2,1-2H3,(H,14,15). The predicted molar refractivity (Wildman–Crippen MR) is 65.7 cm³/mol. The van der Waals surface area contributed by atoms with E-state index in [1.165, 1.54) is 20.4 Å². The van der Waals surface area contributed by atoms with Crippen molar-refractivity contribution in [2.75, 3.05) is 20.8 Å². The third kappa shape index (κ3) is 3.53. The average molecular weight is 274 g/mol. The summed E-state index contributed by atoms with van der Waals surface area (Å²) in [6, 6.07) is 3.31. The molecule has 1 aromatic rings. The van der Waals surface area contributed by atoms with Gasteiger partial charge in [0.05, 0.1) is 25.5 Å². The number of hydrogen-bond donors (Lipinski definition) is 1. The Balaban J connectivity index is 2.87.